The number of allylic oxidation sites excluding steroid dienone is 5. The van der Waals surface area contributed by atoms with E-state index in [9.17, 15) is 0 Å². The lowest BCUT2D eigenvalue weighted by Crippen LogP contribution is -2.35. The van der Waals surface area contributed by atoms with E-state index in [-0.39, 0.29) is 18.0 Å². The highest BCUT2D eigenvalue weighted by atomic mass is 15.0. The Morgan fingerprint density at radius 1 is 0.629 bits per heavy atom. The van der Waals surface area contributed by atoms with Gasteiger partial charge in [-0.1, -0.05) is 170 Å². The van der Waals surface area contributed by atoms with E-state index < -0.39 is 0 Å². The first-order chi connectivity index (χ1) is 30.7. The minimum Gasteiger partial charge on any atom is -0.340 e. The van der Waals surface area contributed by atoms with Gasteiger partial charge in [-0.2, -0.15) is 0 Å². The zero-order valence-corrected chi connectivity index (χ0v) is 35.0. The second kappa shape index (κ2) is 16.0. The first-order valence-corrected chi connectivity index (χ1v) is 21.9. The predicted octanol–water partition coefficient (Wildman–Crippen LogP) is 14.5. The molecule has 3 unspecified atom stereocenters. The summed E-state index contributed by atoms with van der Waals surface area (Å²) in [4.78, 5) is 5.54. The Kier molecular flexibility index (Phi) is 9.71. The number of nitrogens with one attached hydrogen (secondary N) is 1. The topological polar surface area (TPSA) is 34.2 Å². The SMILES string of the molecule is C=C/C=C\CCCn1c2ccccc2c2cc(-c3cc4c5ccccc5c5c(c6ccccc6n5/C=N/C(c5ccccc5)C5C=CC=CC5NC)c4c4ccccc34)ccc21. The van der Waals surface area contributed by atoms with Crippen LogP contribution in [0.3, 0.4) is 0 Å². The summed E-state index contributed by atoms with van der Waals surface area (Å²) in [6.45, 7) is 4.80. The molecule has 2 aromatic heterocycles. The second-order valence-corrected chi connectivity index (χ2v) is 16.5. The van der Waals surface area contributed by atoms with E-state index in [1.54, 1.807) is 0 Å². The molecule has 0 amide bonds. The fraction of sp³-hybridized carbons (Fsp3) is 0.121. The van der Waals surface area contributed by atoms with Crippen molar-refractivity contribution in [1.82, 2.24) is 14.5 Å². The number of rotatable bonds is 11. The van der Waals surface area contributed by atoms with Gasteiger partial charge in [-0.05, 0) is 88.5 Å². The standard InChI is InChI=1S/C58H48N4/c1-3-4-5-6-20-35-61-52-31-18-15-25-43(52)49-36-40(33-34-54(49)61)48-37-50-42-24-11-13-27-45(42)58-56(55(50)44-26-12-10-23-41(44)48)47-29-16-19-32-53(47)62(58)38-60-57(39-21-8-7-9-22-39)46-28-14-17-30-51(46)59-2/h3-5,7-19,21-34,36-38,46,51,57,59H,1,6,20,35H2,2H3/b5-4-,60-38+. The third-order valence-corrected chi connectivity index (χ3v) is 13.1. The molecule has 2 heterocycles. The van der Waals surface area contributed by atoms with E-state index in [4.69, 9.17) is 4.99 Å². The zero-order valence-electron chi connectivity index (χ0n) is 35.0. The fourth-order valence-corrected chi connectivity index (χ4v) is 10.4. The molecule has 3 atom stereocenters. The lowest BCUT2D eigenvalue weighted by atomic mass is 9.85. The number of hydrogen-bond acceptors (Lipinski definition) is 2. The van der Waals surface area contributed by atoms with Crippen molar-refractivity contribution < 1.29 is 0 Å². The van der Waals surface area contributed by atoms with Crippen LogP contribution in [0.15, 0.2) is 206 Å². The predicted molar refractivity (Wildman–Crippen MR) is 267 cm³/mol. The highest BCUT2D eigenvalue weighted by Crippen LogP contribution is 2.46. The van der Waals surface area contributed by atoms with Crippen molar-refractivity contribution in [3.05, 3.63) is 206 Å². The van der Waals surface area contributed by atoms with E-state index >= 15 is 0 Å². The number of benzene rings is 8. The Morgan fingerprint density at radius 3 is 2.11 bits per heavy atom. The quantitative estimate of drug-likeness (QED) is 0.0457. The van der Waals surface area contributed by atoms with Gasteiger partial charge in [0.25, 0.3) is 0 Å². The number of aryl methyl sites for hydroxylation is 1. The number of likely N-dealkylation sites (N-methyl/N-ethyl adjacent to an activating group) is 1. The Bertz CT molecular complexity index is 3470. The van der Waals surface area contributed by atoms with Crippen molar-refractivity contribution in [2.75, 3.05) is 7.05 Å². The highest BCUT2D eigenvalue weighted by Gasteiger charge is 2.28. The van der Waals surface area contributed by atoms with Crippen LogP contribution in [-0.2, 0) is 6.54 Å². The molecule has 0 bridgehead atoms. The first kappa shape index (κ1) is 37.7. The molecule has 0 saturated carbocycles. The molecule has 11 rings (SSSR count). The minimum atomic E-state index is -0.0907. The number of para-hydroxylation sites is 2. The van der Waals surface area contributed by atoms with E-state index in [2.05, 4.69) is 209 Å². The summed E-state index contributed by atoms with van der Waals surface area (Å²) in [5.74, 6) is 0.150. The van der Waals surface area contributed by atoms with Crippen molar-refractivity contribution in [2.24, 2.45) is 10.9 Å². The molecule has 1 aliphatic carbocycles. The maximum atomic E-state index is 5.54. The van der Waals surface area contributed by atoms with E-state index in [0.29, 0.717) is 0 Å². The van der Waals surface area contributed by atoms with Crippen molar-refractivity contribution in [2.45, 2.75) is 31.5 Å². The number of aliphatic imine (C=N–C) groups is 1. The van der Waals surface area contributed by atoms with E-state index in [0.717, 1.165) is 24.9 Å². The van der Waals surface area contributed by atoms with Crippen LogP contribution in [0.1, 0.15) is 24.4 Å². The molecule has 300 valence electrons. The molecule has 0 radical (unpaired) electrons. The lowest BCUT2D eigenvalue weighted by Gasteiger charge is -2.29. The third-order valence-electron chi connectivity index (χ3n) is 13.1. The molecule has 4 heteroatoms. The lowest BCUT2D eigenvalue weighted by molar-refractivity contribution is 0.430. The summed E-state index contributed by atoms with van der Waals surface area (Å²) in [7, 11) is 2.04. The number of aromatic nitrogens is 2. The summed E-state index contributed by atoms with van der Waals surface area (Å²) in [5, 5.41) is 16.1. The monoisotopic (exact) mass is 800 g/mol. The van der Waals surface area contributed by atoms with Crippen LogP contribution in [-0.4, -0.2) is 28.6 Å². The molecule has 0 aliphatic heterocycles. The fourth-order valence-electron chi connectivity index (χ4n) is 10.4. The smallest absolute Gasteiger partial charge is 0.0948 e. The second-order valence-electron chi connectivity index (χ2n) is 16.5. The molecule has 1 N–H and O–H groups in total. The van der Waals surface area contributed by atoms with Crippen LogP contribution in [0.5, 0.6) is 0 Å². The van der Waals surface area contributed by atoms with Gasteiger partial charge < -0.3 is 9.88 Å². The van der Waals surface area contributed by atoms with Crippen LogP contribution in [0.2, 0.25) is 0 Å². The van der Waals surface area contributed by atoms with Gasteiger partial charge >= 0.3 is 0 Å². The van der Waals surface area contributed by atoms with Gasteiger partial charge in [0.15, 0.2) is 0 Å². The number of unbranched alkanes of at least 4 members (excludes halogenated alkanes) is 1. The van der Waals surface area contributed by atoms with Gasteiger partial charge in [0, 0.05) is 61.9 Å². The molecular formula is C58H48N4. The van der Waals surface area contributed by atoms with Gasteiger partial charge in [0.1, 0.15) is 0 Å². The van der Waals surface area contributed by atoms with Gasteiger partial charge in [0.05, 0.1) is 23.4 Å². The third kappa shape index (κ3) is 6.21. The molecule has 0 fully saturated rings. The Morgan fingerprint density at radius 2 is 1.31 bits per heavy atom. The maximum absolute atomic E-state index is 5.54. The average molecular weight is 801 g/mol. The molecule has 8 aromatic carbocycles. The number of nitrogens with zero attached hydrogens (tertiary/aromatic N) is 3. The molecule has 0 saturated heterocycles. The van der Waals surface area contributed by atoms with Crippen molar-refractivity contribution in [3.63, 3.8) is 0 Å². The normalized spacial score (nSPS) is 16.1. The summed E-state index contributed by atoms with van der Waals surface area (Å²) >= 11 is 0. The molecule has 1 aliphatic rings. The zero-order chi connectivity index (χ0) is 41.6. The van der Waals surface area contributed by atoms with Crippen LogP contribution in [0, 0.1) is 5.92 Å². The molecule has 10 aromatic rings. The summed E-state index contributed by atoms with van der Waals surface area (Å²) in [6.07, 6.45) is 19.1. The number of hydrogen-bond donors (Lipinski definition) is 1. The van der Waals surface area contributed by atoms with Crippen LogP contribution >= 0.6 is 0 Å². The molecule has 4 nitrogen and oxygen atoms in total. The maximum Gasteiger partial charge on any atom is 0.0948 e. The Balaban J connectivity index is 1.15. The van der Waals surface area contributed by atoms with Gasteiger partial charge in [-0.15, -0.1) is 0 Å². The van der Waals surface area contributed by atoms with Crippen LogP contribution in [0.25, 0.3) is 87.1 Å². The van der Waals surface area contributed by atoms with Crippen molar-refractivity contribution in [1.29, 1.82) is 0 Å². The van der Waals surface area contributed by atoms with Gasteiger partial charge in [-0.3, -0.25) is 9.56 Å². The molecular weight excluding hydrogens is 753 g/mol. The summed E-state index contributed by atoms with van der Waals surface area (Å²) in [5.41, 5.74) is 8.56. The van der Waals surface area contributed by atoms with Crippen molar-refractivity contribution in [3.8, 4) is 11.1 Å². The highest BCUT2D eigenvalue weighted by molar-refractivity contribution is 6.38. The summed E-state index contributed by atoms with van der Waals surface area (Å²) < 4.78 is 4.86. The minimum absolute atomic E-state index is 0.0907. The Hall–Kier alpha value is -7.27. The molecule has 62 heavy (non-hydrogen) atoms. The van der Waals surface area contributed by atoms with Gasteiger partial charge in [0.2, 0.25) is 0 Å². The van der Waals surface area contributed by atoms with Crippen LogP contribution < -0.4 is 5.32 Å². The Labute approximate surface area is 362 Å². The van der Waals surface area contributed by atoms with E-state index in [1.165, 1.54) is 87.1 Å². The van der Waals surface area contributed by atoms with Crippen LogP contribution in [0.4, 0.5) is 0 Å². The summed E-state index contributed by atoms with van der Waals surface area (Å²) in [6, 6.07) is 56.1. The number of fused-ring (bicyclic) bond motifs is 13. The average Bonchev–Trinajstić information content (AvgIpc) is 3.83. The van der Waals surface area contributed by atoms with Gasteiger partial charge in [-0.25, -0.2) is 0 Å². The van der Waals surface area contributed by atoms with E-state index in [1.807, 2.05) is 19.2 Å². The molecule has 0 spiro atoms. The van der Waals surface area contributed by atoms with Crippen molar-refractivity contribution >= 4 is 82.3 Å². The first-order valence-electron chi connectivity index (χ1n) is 21.9. The largest absolute Gasteiger partial charge is 0.340 e.